The third kappa shape index (κ3) is 3.64. The van der Waals surface area contributed by atoms with E-state index in [-0.39, 0.29) is 29.3 Å². The van der Waals surface area contributed by atoms with Crippen LogP contribution in [0.4, 0.5) is 0 Å². The molecule has 6 heteroatoms. The number of sulfonamides is 1. The lowest BCUT2D eigenvalue weighted by Gasteiger charge is -2.34. The first-order chi connectivity index (χ1) is 12.7. The highest BCUT2D eigenvalue weighted by Crippen LogP contribution is 2.33. The maximum Gasteiger partial charge on any atom is 0.255 e. The molecule has 1 aliphatic rings. The van der Waals surface area contributed by atoms with Gasteiger partial charge in [-0.15, -0.1) is 0 Å². The minimum atomic E-state index is -3.69. The standard InChI is InChI=1S/C21H26N2O3S/c1-15(2)20-22(27(25,26)19-12-10-16(3)11-13-19)14-17(4)23(20)21(24)18-8-6-5-7-9-18/h5-13,15,17,20H,14H2,1-4H3/t17-,20-/m1/s1. The van der Waals surface area contributed by atoms with Crippen molar-refractivity contribution in [2.24, 2.45) is 5.92 Å². The molecule has 0 unspecified atom stereocenters. The van der Waals surface area contributed by atoms with Crippen molar-refractivity contribution in [3.05, 3.63) is 65.7 Å². The van der Waals surface area contributed by atoms with Crippen molar-refractivity contribution in [2.75, 3.05) is 6.54 Å². The van der Waals surface area contributed by atoms with Crippen LogP contribution in [0.15, 0.2) is 59.5 Å². The molecule has 0 aliphatic carbocycles. The number of aryl methyl sites for hydroxylation is 1. The SMILES string of the molecule is Cc1ccc(S(=O)(=O)N2C[C@@H](C)N(C(=O)c3ccccc3)[C@@H]2C(C)C)cc1. The molecule has 0 N–H and O–H groups in total. The fourth-order valence-electron chi connectivity index (χ4n) is 3.65. The number of carbonyl (C=O) groups is 1. The number of hydrogen-bond acceptors (Lipinski definition) is 3. The highest BCUT2D eigenvalue weighted by atomic mass is 32.2. The molecular weight excluding hydrogens is 360 g/mol. The highest BCUT2D eigenvalue weighted by Gasteiger charge is 2.47. The van der Waals surface area contributed by atoms with E-state index in [1.807, 2.05) is 45.9 Å². The van der Waals surface area contributed by atoms with Crippen molar-refractivity contribution >= 4 is 15.9 Å². The van der Waals surface area contributed by atoms with Gasteiger partial charge < -0.3 is 4.90 Å². The molecule has 1 aliphatic heterocycles. The van der Waals surface area contributed by atoms with Gasteiger partial charge in [-0.25, -0.2) is 8.42 Å². The second-order valence-electron chi connectivity index (χ2n) is 7.47. The van der Waals surface area contributed by atoms with E-state index in [9.17, 15) is 13.2 Å². The lowest BCUT2D eigenvalue weighted by atomic mass is 10.1. The number of carbonyl (C=O) groups excluding carboxylic acids is 1. The Hall–Kier alpha value is -2.18. The summed E-state index contributed by atoms with van der Waals surface area (Å²) >= 11 is 0. The Labute approximate surface area is 161 Å². The number of benzene rings is 2. The predicted molar refractivity (Wildman–Crippen MR) is 106 cm³/mol. The number of hydrogen-bond donors (Lipinski definition) is 0. The van der Waals surface area contributed by atoms with E-state index in [0.29, 0.717) is 5.56 Å². The summed E-state index contributed by atoms with van der Waals surface area (Å²) < 4.78 is 28.1. The first-order valence-electron chi connectivity index (χ1n) is 9.19. The Kier molecular flexibility index (Phi) is 5.40. The zero-order chi connectivity index (χ0) is 19.8. The third-order valence-corrected chi connectivity index (χ3v) is 6.83. The van der Waals surface area contributed by atoms with Gasteiger partial charge in [-0.1, -0.05) is 49.7 Å². The Morgan fingerprint density at radius 2 is 1.63 bits per heavy atom. The first kappa shape index (κ1) is 19.6. The van der Waals surface area contributed by atoms with Crippen LogP contribution in [0.25, 0.3) is 0 Å². The molecule has 1 fully saturated rings. The van der Waals surface area contributed by atoms with Crippen molar-refractivity contribution in [1.82, 2.24) is 9.21 Å². The van der Waals surface area contributed by atoms with Crippen LogP contribution in [-0.4, -0.2) is 42.3 Å². The van der Waals surface area contributed by atoms with Crippen LogP contribution in [-0.2, 0) is 10.0 Å². The summed E-state index contributed by atoms with van der Waals surface area (Å²) in [5, 5.41) is 0. The van der Waals surface area contributed by atoms with Crippen molar-refractivity contribution in [3.8, 4) is 0 Å². The summed E-state index contributed by atoms with van der Waals surface area (Å²) in [5.74, 6) is -0.175. The van der Waals surface area contributed by atoms with Gasteiger partial charge in [0.1, 0.15) is 6.17 Å². The second-order valence-corrected chi connectivity index (χ2v) is 9.36. The summed E-state index contributed by atoms with van der Waals surface area (Å²) in [6.45, 7) is 8.02. The van der Waals surface area contributed by atoms with Gasteiger partial charge in [-0.3, -0.25) is 4.79 Å². The number of rotatable bonds is 4. The molecule has 144 valence electrons. The summed E-state index contributed by atoms with van der Waals surface area (Å²) in [6.07, 6.45) is -0.515. The van der Waals surface area contributed by atoms with Crippen LogP contribution < -0.4 is 0 Å². The molecule has 1 heterocycles. The quantitative estimate of drug-likeness (QED) is 0.808. The second kappa shape index (κ2) is 7.44. The van der Waals surface area contributed by atoms with Crippen LogP contribution in [0.2, 0.25) is 0 Å². The van der Waals surface area contributed by atoms with E-state index in [1.54, 1.807) is 41.3 Å². The fourth-order valence-corrected chi connectivity index (χ4v) is 5.44. The molecule has 0 aromatic heterocycles. The van der Waals surface area contributed by atoms with Crippen molar-refractivity contribution in [3.63, 3.8) is 0 Å². The van der Waals surface area contributed by atoms with Gasteiger partial charge in [-0.2, -0.15) is 4.31 Å². The Morgan fingerprint density at radius 3 is 2.19 bits per heavy atom. The third-order valence-electron chi connectivity index (χ3n) is 4.98. The van der Waals surface area contributed by atoms with Gasteiger partial charge in [0.25, 0.3) is 5.91 Å². The largest absolute Gasteiger partial charge is 0.318 e. The van der Waals surface area contributed by atoms with Gasteiger partial charge in [0, 0.05) is 18.2 Å². The monoisotopic (exact) mass is 386 g/mol. The zero-order valence-electron chi connectivity index (χ0n) is 16.2. The highest BCUT2D eigenvalue weighted by molar-refractivity contribution is 7.89. The number of amides is 1. The zero-order valence-corrected chi connectivity index (χ0v) is 17.0. The van der Waals surface area contributed by atoms with E-state index in [0.717, 1.165) is 5.56 Å². The molecule has 1 saturated heterocycles. The van der Waals surface area contributed by atoms with Gasteiger partial charge in [0.05, 0.1) is 4.90 Å². The Bertz CT molecular complexity index is 908. The van der Waals surface area contributed by atoms with Gasteiger partial charge in [0.15, 0.2) is 0 Å². The van der Waals surface area contributed by atoms with E-state index >= 15 is 0 Å². The van der Waals surface area contributed by atoms with E-state index in [4.69, 9.17) is 0 Å². The van der Waals surface area contributed by atoms with Crippen LogP contribution in [0.3, 0.4) is 0 Å². The van der Waals surface area contributed by atoms with Crippen LogP contribution in [0.1, 0.15) is 36.7 Å². The Morgan fingerprint density at radius 1 is 1.04 bits per heavy atom. The molecule has 0 saturated carbocycles. The molecule has 0 bridgehead atoms. The molecule has 2 aromatic rings. The molecule has 0 spiro atoms. The molecule has 2 aromatic carbocycles. The van der Waals surface area contributed by atoms with Crippen molar-refractivity contribution in [1.29, 1.82) is 0 Å². The maximum absolute atomic E-state index is 13.3. The van der Waals surface area contributed by atoms with Gasteiger partial charge >= 0.3 is 0 Å². The van der Waals surface area contributed by atoms with E-state index in [2.05, 4.69) is 0 Å². The normalized spacial score (nSPS) is 21.0. The van der Waals surface area contributed by atoms with Gasteiger partial charge in [0.2, 0.25) is 10.0 Å². The molecule has 1 amide bonds. The van der Waals surface area contributed by atoms with Crippen LogP contribution in [0, 0.1) is 12.8 Å². The summed E-state index contributed by atoms with van der Waals surface area (Å²) in [4.78, 5) is 15.1. The predicted octanol–water partition coefficient (Wildman–Crippen LogP) is 3.51. The summed E-state index contributed by atoms with van der Waals surface area (Å²) in [6, 6.07) is 15.7. The average molecular weight is 387 g/mol. The summed E-state index contributed by atoms with van der Waals surface area (Å²) in [7, 11) is -3.69. The fraction of sp³-hybridized carbons (Fsp3) is 0.381. The molecule has 0 radical (unpaired) electrons. The first-order valence-corrected chi connectivity index (χ1v) is 10.6. The smallest absolute Gasteiger partial charge is 0.255 e. The minimum absolute atomic E-state index is 0.0390. The number of nitrogens with zero attached hydrogens (tertiary/aromatic N) is 2. The average Bonchev–Trinajstić information content (AvgIpc) is 3.00. The topological polar surface area (TPSA) is 57.7 Å². The van der Waals surface area contributed by atoms with Crippen molar-refractivity contribution < 1.29 is 13.2 Å². The van der Waals surface area contributed by atoms with E-state index in [1.165, 1.54) is 4.31 Å². The van der Waals surface area contributed by atoms with Crippen LogP contribution in [0.5, 0.6) is 0 Å². The minimum Gasteiger partial charge on any atom is -0.318 e. The maximum atomic E-state index is 13.3. The molecule has 2 atom stereocenters. The van der Waals surface area contributed by atoms with Crippen molar-refractivity contribution in [2.45, 2.75) is 44.8 Å². The lowest BCUT2D eigenvalue weighted by Crippen LogP contribution is -2.48. The molecule has 5 nitrogen and oxygen atoms in total. The molecular formula is C21H26N2O3S. The lowest BCUT2D eigenvalue weighted by molar-refractivity contribution is 0.0574. The Balaban J connectivity index is 2.00. The van der Waals surface area contributed by atoms with E-state index < -0.39 is 16.2 Å². The molecule has 3 rings (SSSR count). The van der Waals surface area contributed by atoms with Gasteiger partial charge in [-0.05, 0) is 44.0 Å². The molecule has 27 heavy (non-hydrogen) atoms. The van der Waals surface area contributed by atoms with Crippen LogP contribution >= 0.6 is 0 Å². The summed E-state index contributed by atoms with van der Waals surface area (Å²) in [5.41, 5.74) is 1.58.